The Hall–Kier alpha value is -0.320. The summed E-state index contributed by atoms with van der Waals surface area (Å²) in [5, 5.41) is 0. The van der Waals surface area contributed by atoms with Gasteiger partial charge in [0.05, 0.1) is 12.4 Å². The number of hydrogen-bond acceptors (Lipinski definition) is 3. The van der Waals surface area contributed by atoms with Gasteiger partial charge in [-0.15, -0.1) is 0 Å². The van der Waals surface area contributed by atoms with Crippen molar-refractivity contribution in [2.24, 2.45) is 0 Å². The quantitative estimate of drug-likeness (QED) is 0.395. The number of halogens is 2. The molecule has 0 aromatic rings. The lowest BCUT2D eigenvalue weighted by Gasteiger charge is -2.04. The molecule has 0 rings (SSSR count). The number of carbonyl (C=O) groups is 1. The molecule has 2 nitrogen and oxygen atoms in total. The van der Waals surface area contributed by atoms with Gasteiger partial charge in [-0.2, -0.15) is 11.8 Å². The summed E-state index contributed by atoms with van der Waals surface area (Å²) in [5.41, 5.74) is 0. The Morgan fingerprint density at radius 1 is 1.17 bits per heavy atom. The van der Waals surface area contributed by atoms with Crippen LogP contribution in [-0.2, 0) is 9.53 Å². The van der Waals surface area contributed by atoms with Gasteiger partial charge < -0.3 is 4.74 Å². The van der Waals surface area contributed by atoms with E-state index >= 15 is 0 Å². The van der Waals surface area contributed by atoms with Gasteiger partial charge in [0, 0.05) is 6.42 Å². The third-order valence-corrected chi connectivity index (χ3v) is 3.46. The Morgan fingerprint density at radius 2 is 1.89 bits per heavy atom. The molecule has 0 aromatic heterocycles. The van der Waals surface area contributed by atoms with Crippen LogP contribution in [0.1, 0.15) is 51.9 Å². The van der Waals surface area contributed by atoms with Gasteiger partial charge in [0.25, 0.3) is 0 Å². The topological polar surface area (TPSA) is 26.3 Å². The molecule has 0 spiro atoms. The summed E-state index contributed by atoms with van der Waals surface area (Å²) in [5.74, 6) is 1.16. The maximum absolute atomic E-state index is 11.8. The standard InChI is InChI=1S/C13H24F2O2S/c1-2-3-9-17-13(16)11-18-10-7-5-4-6-8-12(14)15/h12H,2-11H2,1H3. The molecule has 0 aromatic carbocycles. The zero-order chi connectivity index (χ0) is 13.6. The van der Waals surface area contributed by atoms with Crippen LogP contribution in [0.15, 0.2) is 0 Å². The number of thioether (sulfide) groups is 1. The van der Waals surface area contributed by atoms with Crippen molar-refractivity contribution in [3.05, 3.63) is 0 Å². The molecule has 0 amide bonds. The van der Waals surface area contributed by atoms with Gasteiger partial charge in [-0.1, -0.05) is 26.2 Å². The van der Waals surface area contributed by atoms with Crippen molar-refractivity contribution in [1.82, 2.24) is 0 Å². The van der Waals surface area contributed by atoms with Crippen molar-refractivity contribution in [1.29, 1.82) is 0 Å². The van der Waals surface area contributed by atoms with E-state index in [2.05, 4.69) is 6.92 Å². The summed E-state index contributed by atoms with van der Waals surface area (Å²) in [7, 11) is 0. The van der Waals surface area contributed by atoms with Crippen LogP contribution in [-0.4, -0.2) is 30.5 Å². The minimum absolute atomic E-state index is 0.0108. The highest BCUT2D eigenvalue weighted by Gasteiger charge is 2.03. The van der Waals surface area contributed by atoms with Gasteiger partial charge in [-0.05, 0) is 25.0 Å². The smallest absolute Gasteiger partial charge is 0.315 e. The van der Waals surface area contributed by atoms with Crippen molar-refractivity contribution >= 4 is 17.7 Å². The van der Waals surface area contributed by atoms with Crippen LogP contribution >= 0.6 is 11.8 Å². The molecule has 0 radical (unpaired) electrons. The van der Waals surface area contributed by atoms with Crippen molar-refractivity contribution in [2.75, 3.05) is 18.1 Å². The third-order valence-electron chi connectivity index (χ3n) is 2.44. The normalized spacial score (nSPS) is 10.9. The second-order valence-corrected chi connectivity index (χ2v) is 5.33. The predicted molar refractivity (Wildman–Crippen MR) is 72.3 cm³/mol. The summed E-state index contributed by atoms with van der Waals surface area (Å²) in [6.07, 6.45) is 3.18. The Morgan fingerprint density at radius 3 is 2.56 bits per heavy atom. The van der Waals surface area contributed by atoms with E-state index in [4.69, 9.17) is 4.74 Å². The molecule has 18 heavy (non-hydrogen) atoms. The number of hydrogen-bond donors (Lipinski definition) is 0. The molecule has 0 atom stereocenters. The number of alkyl halides is 2. The van der Waals surface area contributed by atoms with Crippen molar-refractivity contribution in [3.63, 3.8) is 0 Å². The summed E-state index contributed by atoms with van der Waals surface area (Å²) in [6.45, 7) is 2.57. The van der Waals surface area contributed by atoms with Crippen LogP contribution in [0.3, 0.4) is 0 Å². The van der Waals surface area contributed by atoms with Gasteiger partial charge in [-0.3, -0.25) is 4.79 Å². The van der Waals surface area contributed by atoms with Crippen LogP contribution in [0.5, 0.6) is 0 Å². The fourth-order valence-electron chi connectivity index (χ4n) is 1.38. The Labute approximate surface area is 113 Å². The second kappa shape index (κ2) is 13.1. The molecule has 0 saturated carbocycles. The molecule has 0 heterocycles. The minimum atomic E-state index is -2.17. The van der Waals surface area contributed by atoms with E-state index in [1.54, 1.807) is 11.8 Å². The van der Waals surface area contributed by atoms with Crippen molar-refractivity contribution < 1.29 is 18.3 Å². The van der Waals surface area contributed by atoms with Gasteiger partial charge in [0.15, 0.2) is 0 Å². The largest absolute Gasteiger partial charge is 0.465 e. The summed E-state index contributed by atoms with van der Waals surface area (Å²) in [6, 6.07) is 0. The summed E-state index contributed by atoms with van der Waals surface area (Å²) in [4.78, 5) is 11.2. The molecule has 0 saturated heterocycles. The summed E-state index contributed by atoms with van der Waals surface area (Å²) >= 11 is 1.56. The number of esters is 1. The first kappa shape index (κ1) is 17.7. The lowest BCUT2D eigenvalue weighted by Crippen LogP contribution is -2.08. The van der Waals surface area contributed by atoms with Crippen LogP contribution in [0, 0.1) is 0 Å². The molecule has 0 aliphatic heterocycles. The number of carbonyl (C=O) groups excluding carboxylic acids is 1. The van der Waals surface area contributed by atoms with Crippen LogP contribution in [0.4, 0.5) is 8.78 Å². The average Bonchev–Trinajstić information content (AvgIpc) is 2.32. The van der Waals surface area contributed by atoms with Gasteiger partial charge >= 0.3 is 5.97 Å². The van der Waals surface area contributed by atoms with Crippen LogP contribution < -0.4 is 0 Å². The fraction of sp³-hybridized carbons (Fsp3) is 0.923. The monoisotopic (exact) mass is 282 g/mol. The zero-order valence-corrected chi connectivity index (χ0v) is 11.9. The Balaban J connectivity index is 3.12. The van der Waals surface area contributed by atoms with Gasteiger partial charge in [0.1, 0.15) is 0 Å². The Bertz CT molecular complexity index is 201. The van der Waals surface area contributed by atoms with Gasteiger partial charge in [0.2, 0.25) is 6.43 Å². The van der Waals surface area contributed by atoms with E-state index in [1.807, 2.05) is 0 Å². The molecule has 0 bridgehead atoms. The lowest BCUT2D eigenvalue weighted by atomic mass is 10.2. The van der Waals surface area contributed by atoms with E-state index in [9.17, 15) is 13.6 Å². The molecule has 108 valence electrons. The van der Waals surface area contributed by atoms with Gasteiger partial charge in [-0.25, -0.2) is 8.78 Å². The van der Waals surface area contributed by atoms with E-state index < -0.39 is 6.43 Å². The maximum Gasteiger partial charge on any atom is 0.315 e. The number of rotatable bonds is 12. The molecule has 0 fully saturated rings. The highest BCUT2D eigenvalue weighted by Crippen LogP contribution is 2.11. The first-order chi connectivity index (χ1) is 8.66. The van der Waals surface area contributed by atoms with Crippen molar-refractivity contribution in [2.45, 2.75) is 58.3 Å². The third kappa shape index (κ3) is 13.7. The van der Waals surface area contributed by atoms with E-state index in [-0.39, 0.29) is 12.4 Å². The van der Waals surface area contributed by atoms with Crippen molar-refractivity contribution in [3.8, 4) is 0 Å². The first-order valence-corrected chi connectivity index (χ1v) is 7.83. The minimum Gasteiger partial charge on any atom is -0.465 e. The average molecular weight is 282 g/mol. The summed E-state index contributed by atoms with van der Waals surface area (Å²) < 4.78 is 28.7. The zero-order valence-electron chi connectivity index (χ0n) is 11.1. The molecule has 0 N–H and O–H groups in total. The molecular weight excluding hydrogens is 258 g/mol. The highest BCUT2D eigenvalue weighted by molar-refractivity contribution is 7.99. The molecule has 0 aliphatic carbocycles. The maximum atomic E-state index is 11.8. The molecular formula is C13H24F2O2S. The second-order valence-electron chi connectivity index (χ2n) is 4.22. The molecule has 0 aliphatic rings. The number of ether oxygens (including phenoxy) is 1. The highest BCUT2D eigenvalue weighted by atomic mass is 32.2. The molecule has 5 heteroatoms. The van der Waals surface area contributed by atoms with E-state index in [1.165, 1.54) is 0 Å². The fourth-order valence-corrected chi connectivity index (χ4v) is 2.19. The lowest BCUT2D eigenvalue weighted by molar-refractivity contribution is -0.140. The first-order valence-electron chi connectivity index (χ1n) is 6.68. The Kier molecular flexibility index (Phi) is 12.9. The van der Waals surface area contributed by atoms with E-state index in [0.29, 0.717) is 18.8 Å². The number of unbranched alkanes of at least 4 members (excludes halogenated alkanes) is 4. The molecule has 0 unspecified atom stereocenters. The predicted octanol–water partition coefficient (Wildman–Crippen LogP) is 4.28. The van der Waals surface area contributed by atoms with Crippen LogP contribution in [0.25, 0.3) is 0 Å². The SMILES string of the molecule is CCCCOC(=O)CSCCCCCCC(F)F. The van der Waals surface area contributed by atoms with E-state index in [0.717, 1.165) is 37.9 Å². The van der Waals surface area contributed by atoms with Crippen LogP contribution in [0.2, 0.25) is 0 Å².